The van der Waals surface area contributed by atoms with Crippen LogP contribution in [0.5, 0.6) is 11.5 Å². The predicted molar refractivity (Wildman–Crippen MR) is 147 cm³/mol. The number of aromatic hydroxyl groups is 2. The first-order chi connectivity index (χ1) is 18.9. The average Bonchev–Trinajstić information content (AvgIpc) is 3.19. The van der Waals surface area contributed by atoms with E-state index in [4.69, 9.17) is 5.11 Å². The van der Waals surface area contributed by atoms with Gasteiger partial charge in [0.2, 0.25) is 0 Å². The molecule has 0 radical (unpaired) electrons. The number of carboxylic acid groups (broad SMARTS) is 1. The highest BCUT2D eigenvalue weighted by molar-refractivity contribution is 7.93. The van der Waals surface area contributed by atoms with Crippen molar-refractivity contribution >= 4 is 43.2 Å². The van der Waals surface area contributed by atoms with Crippen molar-refractivity contribution in [2.45, 2.75) is 9.79 Å². The minimum Gasteiger partial charge on any atom is -0.508 e. The molecule has 4 aromatic rings. The minimum atomic E-state index is -4.14. The first-order valence-corrected chi connectivity index (χ1v) is 14.4. The highest BCUT2D eigenvalue weighted by atomic mass is 32.2. The van der Waals surface area contributed by atoms with E-state index < -0.39 is 26.1 Å². The third-order valence-electron chi connectivity index (χ3n) is 5.86. The summed E-state index contributed by atoms with van der Waals surface area (Å²) in [7, 11) is -8.28. The van der Waals surface area contributed by atoms with E-state index in [0.29, 0.717) is 11.1 Å². The summed E-state index contributed by atoms with van der Waals surface area (Å²) in [6.07, 6.45) is -1.48. The summed E-state index contributed by atoms with van der Waals surface area (Å²) in [5.74, 6) is -0.272. The van der Waals surface area contributed by atoms with Crippen LogP contribution < -0.4 is 14.9 Å². The number of amides is 1. The number of hydrogen-bond acceptors (Lipinski definition) is 8. The van der Waals surface area contributed by atoms with Gasteiger partial charge in [0, 0.05) is 23.3 Å². The lowest BCUT2D eigenvalue weighted by Gasteiger charge is -2.10. The number of benzene rings is 4. The van der Waals surface area contributed by atoms with Crippen LogP contribution in [0.1, 0.15) is 11.1 Å². The number of phenols is 2. The molecule has 40 heavy (non-hydrogen) atoms. The van der Waals surface area contributed by atoms with Crippen molar-refractivity contribution in [2.24, 2.45) is 5.10 Å². The molecule has 6 N–H and O–H groups in total. The molecule has 204 valence electrons. The van der Waals surface area contributed by atoms with Crippen molar-refractivity contribution in [2.75, 3.05) is 9.44 Å². The van der Waals surface area contributed by atoms with Gasteiger partial charge in [0.15, 0.2) is 0 Å². The Morgan fingerprint density at radius 2 is 1.07 bits per heavy atom. The SMILES string of the molecule is O=C(O)NN=C1c2cc(S(=O)(=O)Nc3cccc(O)c3)ccc2-c2ccc(S(=O)(=O)Nc3cccc(O)c3)cc21. The maximum atomic E-state index is 13.1. The fourth-order valence-corrected chi connectivity index (χ4v) is 6.33. The van der Waals surface area contributed by atoms with E-state index in [9.17, 15) is 31.8 Å². The summed E-state index contributed by atoms with van der Waals surface area (Å²) in [5.41, 5.74) is 3.66. The Bertz CT molecular complexity index is 1790. The van der Waals surface area contributed by atoms with Crippen molar-refractivity contribution in [3.63, 3.8) is 0 Å². The van der Waals surface area contributed by atoms with Gasteiger partial charge in [-0.1, -0.05) is 24.3 Å². The standard InChI is InChI=1S/C26H20N4O8S2/c31-17-5-1-3-15(11-17)29-39(35,36)19-7-9-21-22-10-8-20(40(37,38)30-16-4-2-6-18(32)12-16)14-24(22)25(23(21)13-19)27-28-26(33)34/h1-14,28-32H,(H,33,34). The first kappa shape index (κ1) is 26.5. The molecule has 0 unspecified atom stereocenters. The van der Waals surface area contributed by atoms with Crippen molar-refractivity contribution in [1.29, 1.82) is 0 Å². The third-order valence-corrected chi connectivity index (χ3v) is 8.62. The van der Waals surface area contributed by atoms with E-state index in [-0.39, 0.29) is 49.5 Å². The lowest BCUT2D eigenvalue weighted by atomic mass is 10.1. The zero-order valence-electron chi connectivity index (χ0n) is 20.2. The van der Waals surface area contributed by atoms with Gasteiger partial charge in [-0.05, 0) is 59.7 Å². The van der Waals surface area contributed by atoms with Crippen LogP contribution in [-0.4, -0.2) is 44.0 Å². The number of phenolic OH excluding ortho intramolecular Hbond substituents is 2. The number of hydrazone groups is 1. The Balaban J connectivity index is 1.56. The summed E-state index contributed by atoms with van der Waals surface area (Å²) in [4.78, 5) is 10.9. The Hall–Kier alpha value is -5.08. The molecule has 0 fully saturated rings. The Morgan fingerprint density at radius 3 is 1.48 bits per heavy atom. The largest absolute Gasteiger partial charge is 0.508 e. The van der Waals surface area contributed by atoms with Gasteiger partial charge in [0.1, 0.15) is 11.5 Å². The summed E-state index contributed by atoms with van der Waals surface area (Å²) in [5, 5.41) is 32.4. The van der Waals surface area contributed by atoms with Gasteiger partial charge in [-0.3, -0.25) is 9.44 Å². The van der Waals surface area contributed by atoms with Crippen LogP contribution in [0.25, 0.3) is 11.1 Å². The summed E-state index contributed by atoms with van der Waals surface area (Å²) in [6, 6.07) is 19.4. The molecule has 12 nitrogen and oxygen atoms in total. The molecule has 4 aromatic carbocycles. The topological polar surface area (TPSA) is 194 Å². The molecule has 0 saturated carbocycles. The number of nitrogens with one attached hydrogen (secondary N) is 3. The van der Waals surface area contributed by atoms with Gasteiger partial charge in [-0.15, -0.1) is 0 Å². The minimum absolute atomic E-state index is 0.0104. The van der Waals surface area contributed by atoms with Crippen molar-refractivity contribution in [3.05, 3.63) is 96.1 Å². The van der Waals surface area contributed by atoms with Gasteiger partial charge < -0.3 is 15.3 Å². The zero-order valence-corrected chi connectivity index (χ0v) is 21.9. The maximum absolute atomic E-state index is 13.1. The van der Waals surface area contributed by atoms with Gasteiger partial charge in [0.05, 0.1) is 26.9 Å². The normalized spacial score (nSPS) is 12.2. The van der Waals surface area contributed by atoms with E-state index in [1.165, 1.54) is 84.9 Å². The van der Waals surface area contributed by atoms with E-state index in [1.807, 2.05) is 5.43 Å². The number of carbonyl (C=O) groups is 1. The molecular formula is C26H20N4O8S2. The molecule has 0 atom stereocenters. The lowest BCUT2D eigenvalue weighted by molar-refractivity contribution is 0.195. The number of fused-ring (bicyclic) bond motifs is 3. The highest BCUT2D eigenvalue weighted by Gasteiger charge is 2.30. The van der Waals surface area contributed by atoms with Crippen molar-refractivity contribution in [3.8, 4) is 22.6 Å². The van der Waals surface area contributed by atoms with E-state index in [0.717, 1.165) is 0 Å². The predicted octanol–water partition coefficient (Wildman–Crippen LogP) is 3.70. The van der Waals surface area contributed by atoms with Crippen LogP contribution in [0.4, 0.5) is 16.2 Å². The highest BCUT2D eigenvalue weighted by Crippen LogP contribution is 2.39. The summed E-state index contributed by atoms with van der Waals surface area (Å²) >= 11 is 0. The molecule has 0 spiro atoms. The van der Waals surface area contributed by atoms with E-state index in [1.54, 1.807) is 0 Å². The van der Waals surface area contributed by atoms with Crippen LogP contribution in [0, 0.1) is 0 Å². The molecule has 1 aliphatic carbocycles. The second kappa shape index (κ2) is 9.91. The third kappa shape index (κ3) is 5.25. The second-order valence-electron chi connectivity index (χ2n) is 8.60. The van der Waals surface area contributed by atoms with E-state index >= 15 is 0 Å². The van der Waals surface area contributed by atoms with Crippen LogP contribution in [0.15, 0.2) is 99.8 Å². The quantitative estimate of drug-likeness (QED) is 0.157. The number of sulfonamides is 2. The molecule has 0 bridgehead atoms. The molecule has 0 saturated heterocycles. The monoisotopic (exact) mass is 580 g/mol. The van der Waals surface area contributed by atoms with Crippen LogP contribution in [-0.2, 0) is 20.0 Å². The van der Waals surface area contributed by atoms with E-state index in [2.05, 4.69) is 14.5 Å². The molecular weight excluding hydrogens is 560 g/mol. The fourth-order valence-electron chi connectivity index (χ4n) is 4.18. The number of hydrogen-bond donors (Lipinski definition) is 6. The Morgan fingerprint density at radius 1 is 0.625 bits per heavy atom. The molecule has 1 aliphatic rings. The zero-order chi connectivity index (χ0) is 28.7. The maximum Gasteiger partial charge on any atom is 0.425 e. The molecule has 5 rings (SSSR count). The molecule has 0 aliphatic heterocycles. The molecule has 0 heterocycles. The van der Waals surface area contributed by atoms with Gasteiger partial charge >= 0.3 is 6.09 Å². The number of anilines is 2. The number of nitrogens with zero attached hydrogens (tertiary/aromatic N) is 1. The fraction of sp³-hybridized carbons (Fsp3) is 0. The van der Waals surface area contributed by atoms with Crippen molar-refractivity contribution < 1.29 is 36.9 Å². The first-order valence-electron chi connectivity index (χ1n) is 11.4. The van der Waals surface area contributed by atoms with Crippen LogP contribution in [0.3, 0.4) is 0 Å². The Kier molecular flexibility index (Phi) is 6.57. The number of rotatable bonds is 7. The van der Waals surface area contributed by atoms with Crippen LogP contribution in [0.2, 0.25) is 0 Å². The summed E-state index contributed by atoms with van der Waals surface area (Å²) in [6.45, 7) is 0. The smallest absolute Gasteiger partial charge is 0.425 e. The molecule has 14 heteroatoms. The molecule has 1 amide bonds. The van der Waals surface area contributed by atoms with Crippen molar-refractivity contribution in [1.82, 2.24) is 5.43 Å². The Labute approximate surface area is 228 Å². The summed E-state index contributed by atoms with van der Waals surface area (Å²) < 4.78 is 57.1. The van der Waals surface area contributed by atoms with Gasteiger partial charge in [-0.2, -0.15) is 5.10 Å². The average molecular weight is 581 g/mol. The van der Waals surface area contributed by atoms with Gasteiger partial charge in [-0.25, -0.2) is 27.1 Å². The second-order valence-corrected chi connectivity index (χ2v) is 12.0. The molecule has 0 aromatic heterocycles. The van der Waals surface area contributed by atoms with Crippen LogP contribution >= 0.6 is 0 Å². The van der Waals surface area contributed by atoms with Gasteiger partial charge in [0.25, 0.3) is 20.0 Å². The lowest BCUT2D eigenvalue weighted by Crippen LogP contribution is -2.18.